The zero-order valence-electron chi connectivity index (χ0n) is 12.4. The van der Waals surface area contributed by atoms with Gasteiger partial charge in [-0.1, -0.05) is 42.0 Å². The van der Waals surface area contributed by atoms with Crippen LogP contribution in [0.15, 0.2) is 59.0 Å². The fourth-order valence-corrected chi connectivity index (χ4v) is 4.77. The van der Waals surface area contributed by atoms with Gasteiger partial charge in [0.2, 0.25) is 0 Å². The molecule has 0 heterocycles. The Morgan fingerprint density at radius 3 is 2.45 bits per heavy atom. The van der Waals surface area contributed by atoms with Crippen LogP contribution in [-0.4, -0.2) is 13.2 Å². The molecule has 2 atom stereocenters. The third kappa shape index (κ3) is 2.35. The standard InChI is InChI=1S/C17H22O2S/c1-13(2)15-11-10-14(3)17(4,12-15)20(18,19)16-8-6-5-7-9-16/h5-10,15H,1,11-12H2,2-4H3/t15-,17?/m1/s1. The molecular weight excluding hydrogens is 268 g/mol. The maximum Gasteiger partial charge on any atom is 0.187 e. The highest BCUT2D eigenvalue weighted by molar-refractivity contribution is 7.93. The summed E-state index contributed by atoms with van der Waals surface area (Å²) in [5.74, 6) is 0.238. The molecule has 0 amide bonds. The van der Waals surface area contributed by atoms with Gasteiger partial charge in [0.15, 0.2) is 9.84 Å². The van der Waals surface area contributed by atoms with Gasteiger partial charge in [0, 0.05) is 0 Å². The van der Waals surface area contributed by atoms with E-state index in [1.807, 2.05) is 26.8 Å². The van der Waals surface area contributed by atoms with Crippen molar-refractivity contribution in [3.05, 3.63) is 54.1 Å². The molecule has 0 saturated heterocycles. The van der Waals surface area contributed by atoms with E-state index in [0.717, 1.165) is 17.6 Å². The summed E-state index contributed by atoms with van der Waals surface area (Å²) in [4.78, 5) is 0.401. The Labute approximate surface area is 122 Å². The van der Waals surface area contributed by atoms with Crippen LogP contribution in [0, 0.1) is 5.92 Å². The van der Waals surface area contributed by atoms with E-state index in [1.54, 1.807) is 24.3 Å². The van der Waals surface area contributed by atoms with Crippen LogP contribution in [-0.2, 0) is 9.84 Å². The first kappa shape index (κ1) is 15.0. The molecule has 0 fully saturated rings. The third-order valence-electron chi connectivity index (χ3n) is 4.52. The predicted octanol–water partition coefficient (Wildman–Crippen LogP) is 4.15. The molecule has 1 aliphatic rings. The van der Waals surface area contributed by atoms with Gasteiger partial charge in [0.05, 0.1) is 9.64 Å². The molecular formula is C17H22O2S. The molecule has 0 radical (unpaired) electrons. The summed E-state index contributed by atoms with van der Waals surface area (Å²) in [5, 5.41) is 0. The van der Waals surface area contributed by atoms with Crippen LogP contribution in [0.2, 0.25) is 0 Å². The maximum absolute atomic E-state index is 13.0. The van der Waals surface area contributed by atoms with Crippen molar-refractivity contribution in [2.45, 2.75) is 43.3 Å². The first-order valence-electron chi connectivity index (χ1n) is 6.91. The monoisotopic (exact) mass is 290 g/mol. The Kier molecular flexibility index (Phi) is 3.92. The van der Waals surface area contributed by atoms with E-state index in [9.17, 15) is 8.42 Å². The van der Waals surface area contributed by atoms with Crippen molar-refractivity contribution in [1.82, 2.24) is 0 Å². The van der Waals surface area contributed by atoms with Gasteiger partial charge in [-0.25, -0.2) is 8.42 Å². The van der Waals surface area contributed by atoms with E-state index in [4.69, 9.17) is 0 Å². The van der Waals surface area contributed by atoms with Crippen LogP contribution < -0.4 is 0 Å². The minimum absolute atomic E-state index is 0.238. The molecule has 1 aromatic carbocycles. The summed E-state index contributed by atoms with van der Waals surface area (Å²) < 4.78 is 25.2. The Balaban J connectivity index is 2.51. The summed E-state index contributed by atoms with van der Waals surface area (Å²) in [6.07, 6.45) is 3.56. The highest BCUT2D eigenvalue weighted by Crippen LogP contribution is 2.43. The van der Waals surface area contributed by atoms with E-state index >= 15 is 0 Å². The van der Waals surface area contributed by atoms with Gasteiger partial charge in [-0.3, -0.25) is 0 Å². The number of rotatable bonds is 3. The van der Waals surface area contributed by atoms with Gasteiger partial charge in [-0.15, -0.1) is 0 Å². The minimum Gasteiger partial charge on any atom is -0.223 e. The third-order valence-corrected chi connectivity index (χ3v) is 7.09. The van der Waals surface area contributed by atoms with Gasteiger partial charge in [-0.2, -0.15) is 0 Å². The highest BCUT2D eigenvalue weighted by Gasteiger charge is 2.45. The lowest BCUT2D eigenvalue weighted by Crippen LogP contribution is -2.41. The van der Waals surface area contributed by atoms with E-state index in [-0.39, 0.29) is 5.92 Å². The molecule has 1 aromatic rings. The van der Waals surface area contributed by atoms with E-state index < -0.39 is 14.6 Å². The SMILES string of the molecule is C=C(C)[C@@H]1CC=C(C)C(C)(S(=O)(=O)c2ccccc2)C1. The molecule has 2 nitrogen and oxygen atoms in total. The largest absolute Gasteiger partial charge is 0.223 e. The molecule has 0 bridgehead atoms. The number of hydrogen-bond acceptors (Lipinski definition) is 2. The number of benzene rings is 1. The van der Waals surface area contributed by atoms with Crippen molar-refractivity contribution in [1.29, 1.82) is 0 Å². The second kappa shape index (κ2) is 5.21. The van der Waals surface area contributed by atoms with Crippen molar-refractivity contribution >= 4 is 9.84 Å². The van der Waals surface area contributed by atoms with Crippen molar-refractivity contribution in [3.8, 4) is 0 Å². The van der Waals surface area contributed by atoms with E-state index in [0.29, 0.717) is 11.3 Å². The lowest BCUT2D eigenvalue weighted by Gasteiger charge is -2.37. The van der Waals surface area contributed by atoms with Crippen LogP contribution in [0.3, 0.4) is 0 Å². The van der Waals surface area contributed by atoms with Crippen molar-refractivity contribution in [3.63, 3.8) is 0 Å². The van der Waals surface area contributed by atoms with E-state index in [2.05, 4.69) is 12.7 Å². The molecule has 0 aliphatic heterocycles. The van der Waals surface area contributed by atoms with Crippen LogP contribution in [0.5, 0.6) is 0 Å². The predicted molar refractivity (Wildman–Crippen MR) is 83.3 cm³/mol. The van der Waals surface area contributed by atoms with Crippen LogP contribution in [0.1, 0.15) is 33.6 Å². The van der Waals surface area contributed by atoms with Gasteiger partial charge < -0.3 is 0 Å². The maximum atomic E-state index is 13.0. The van der Waals surface area contributed by atoms with Gasteiger partial charge in [-0.05, 0) is 51.7 Å². The lowest BCUT2D eigenvalue weighted by atomic mass is 9.79. The normalized spacial score (nSPS) is 26.9. The fraction of sp³-hybridized carbons (Fsp3) is 0.412. The first-order chi connectivity index (χ1) is 9.29. The second-order valence-electron chi connectivity index (χ2n) is 5.92. The second-order valence-corrected chi connectivity index (χ2v) is 8.30. The Bertz CT molecular complexity index is 641. The molecule has 1 unspecified atom stereocenters. The number of sulfone groups is 1. The summed E-state index contributed by atoms with van der Waals surface area (Å²) in [7, 11) is -3.39. The van der Waals surface area contributed by atoms with Gasteiger partial charge in [0.25, 0.3) is 0 Å². The number of hydrogen-bond donors (Lipinski definition) is 0. The summed E-state index contributed by atoms with van der Waals surface area (Å²) >= 11 is 0. The molecule has 3 heteroatoms. The molecule has 0 N–H and O–H groups in total. The van der Waals surface area contributed by atoms with Crippen molar-refractivity contribution < 1.29 is 8.42 Å². The smallest absolute Gasteiger partial charge is 0.187 e. The van der Waals surface area contributed by atoms with Crippen LogP contribution in [0.25, 0.3) is 0 Å². The number of allylic oxidation sites excluding steroid dienone is 2. The Hall–Kier alpha value is -1.35. The molecule has 1 aliphatic carbocycles. The average Bonchev–Trinajstić information content (AvgIpc) is 2.42. The topological polar surface area (TPSA) is 34.1 Å². The zero-order valence-corrected chi connectivity index (χ0v) is 13.2. The van der Waals surface area contributed by atoms with Crippen LogP contribution in [0.4, 0.5) is 0 Å². The quantitative estimate of drug-likeness (QED) is 0.784. The first-order valence-corrected chi connectivity index (χ1v) is 8.39. The van der Waals surface area contributed by atoms with E-state index in [1.165, 1.54) is 0 Å². The lowest BCUT2D eigenvalue weighted by molar-refractivity contribution is 0.449. The van der Waals surface area contributed by atoms with Crippen molar-refractivity contribution in [2.24, 2.45) is 5.92 Å². The Morgan fingerprint density at radius 2 is 1.90 bits per heavy atom. The molecule has 0 saturated carbocycles. The molecule has 0 spiro atoms. The fourth-order valence-electron chi connectivity index (χ4n) is 2.81. The molecule has 20 heavy (non-hydrogen) atoms. The average molecular weight is 290 g/mol. The molecule has 108 valence electrons. The minimum atomic E-state index is -3.39. The van der Waals surface area contributed by atoms with Crippen molar-refractivity contribution in [2.75, 3.05) is 0 Å². The zero-order chi connectivity index (χ0) is 15.0. The van der Waals surface area contributed by atoms with Gasteiger partial charge in [0.1, 0.15) is 0 Å². The molecule has 0 aromatic heterocycles. The molecule has 2 rings (SSSR count). The highest BCUT2D eigenvalue weighted by atomic mass is 32.2. The summed E-state index contributed by atoms with van der Waals surface area (Å²) in [5.41, 5.74) is 2.00. The summed E-state index contributed by atoms with van der Waals surface area (Å²) in [6.45, 7) is 9.75. The van der Waals surface area contributed by atoms with Crippen LogP contribution >= 0.6 is 0 Å². The Morgan fingerprint density at radius 1 is 1.30 bits per heavy atom. The van der Waals surface area contributed by atoms with Gasteiger partial charge >= 0.3 is 0 Å². The summed E-state index contributed by atoms with van der Waals surface area (Å²) in [6, 6.07) is 8.74.